The first-order valence-electron chi connectivity index (χ1n) is 8.18. The van der Waals surface area contributed by atoms with Gasteiger partial charge in [0.1, 0.15) is 6.04 Å². The Morgan fingerprint density at radius 3 is 2.28 bits per heavy atom. The highest BCUT2D eigenvalue weighted by atomic mass is 32.2. The minimum atomic E-state index is -3.40. The van der Waals surface area contributed by atoms with Gasteiger partial charge in [-0.3, -0.25) is 9.59 Å². The molecule has 1 fully saturated rings. The van der Waals surface area contributed by atoms with E-state index < -0.39 is 16.1 Å². The minimum absolute atomic E-state index is 0.190. The van der Waals surface area contributed by atoms with Gasteiger partial charge in [0.15, 0.2) is 0 Å². The summed E-state index contributed by atoms with van der Waals surface area (Å²) in [5, 5.41) is 5.59. The Balaban J connectivity index is 2.04. The van der Waals surface area contributed by atoms with Crippen molar-refractivity contribution in [3.05, 3.63) is 29.8 Å². The Morgan fingerprint density at radius 2 is 1.76 bits per heavy atom. The number of hydrogen-bond donors (Lipinski definition) is 2. The molecule has 1 aromatic carbocycles. The van der Waals surface area contributed by atoms with Gasteiger partial charge in [0.05, 0.1) is 6.26 Å². The van der Waals surface area contributed by atoms with E-state index in [0.717, 1.165) is 6.26 Å². The van der Waals surface area contributed by atoms with Gasteiger partial charge in [0, 0.05) is 23.3 Å². The fraction of sp³-hybridized carbons (Fsp3) is 0.529. The van der Waals surface area contributed by atoms with E-state index in [-0.39, 0.29) is 17.4 Å². The van der Waals surface area contributed by atoms with Crippen molar-refractivity contribution in [3.8, 4) is 0 Å². The lowest BCUT2D eigenvalue weighted by molar-refractivity contribution is -0.119. The van der Waals surface area contributed by atoms with Gasteiger partial charge in [-0.05, 0) is 57.9 Å². The zero-order chi connectivity index (χ0) is 18.8. The lowest BCUT2D eigenvalue weighted by Crippen LogP contribution is -2.42. The van der Waals surface area contributed by atoms with Crippen LogP contribution in [-0.4, -0.2) is 48.9 Å². The predicted octanol–water partition coefficient (Wildman–Crippen LogP) is 1.58. The topological polar surface area (TPSA) is 95.6 Å². The molecule has 2 N–H and O–H groups in total. The maximum Gasteiger partial charge on any atom is 0.251 e. The van der Waals surface area contributed by atoms with E-state index in [2.05, 4.69) is 10.6 Å². The molecule has 0 aliphatic carbocycles. The number of anilines is 1. The SMILES string of the molecule is CC(C)(C)NC(=O)c1ccc(NC(=O)C2CCCN2S(C)(=O)=O)cc1. The number of carbonyl (C=O) groups excluding carboxylic acids is 2. The zero-order valence-electron chi connectivity index (χ0n) is 15.0. The van der Waals surface area contributed by atoms with Gasteiger partial charge in [0.2, 0.25) is 15.9 Å². The third-order valence-electron chi connectivity index (χ3n) is 3.84. The monoisotopic (exact) mass is 367 g/mol. The molecule has 7 nitrogen and oxygen atoms in total. The molecule has 0 spiro atoms. The Bertz CT molecular complexity index is 751. The summed E-state index contributed by atoms with van der Waals surface area (Å²) < 4.78 is 24.7. The van der Waals surface area contributed by atoms with E-state index in [1.54, 1.807) is 24.3 Å². The quantitative estimate of drug-likeness (QED) is 0.844. The van der Waals surface area contributed by atoms with Crippen LogP contribution in [-0.2, 0) is 14.8 Å². The van der Waals surface area contributed by atoms with E-state index in [0.29, 0.717) is 30.6 Å². The fourth-order valence-electron chi connectivity index (χ4n) is 2.74. The Hall–Kier alpha value is -1.93. The van der Waals surface area contributed by atoms with E-state index in [1.165, 1.54) is 4.31 Å². The number of benzene rings is 1. The van der Waals surface area contributed by atoms with E-state index >= 15 is 0 Å². The number of nitrogens with zero attached hydrogens (tertiary/aromatic N) is 1. The van der Waals surface area contributed by atoms with Gasteiger partial charge in [0.25, 0.3) is 5.91 Å². The standard InChI is InChI=1S/C17H25N3O4S/c1-17(2,3)19-15(21)12-7-9-13(10-8-12)18-16(22)14-6-5-11-20(14)25(4,23)24/h7-10,14H,5-6,11H2,1-4H3,(H,18,22)(H,19,21). The summed E-state index contributed by atoms with van der Waals surface area (Å²) in [6.07, 6.45) is 2.28. The van der Waals surface area contributed by atoms with Gasteiger partial charge in [-0.1, -0.05) is 0 Å². The van der Waals surface area contributed by atoms with Crippen LogP contribution in [0.4, 0.5) is 5.69 Å². The predicted molar refractivity (Wildman–Crippen MR) is 96.9 cm³/mol. The molecule has 0 aromatic heterocycles. The van der Waals surface area contributed by atoms with Gasteiger partial charge in [-0.2, -0.15) is 4.31 Å². The van der Waals surface area contributed by atoms with Crippen LogP contribution in [0.1, 0.15) is 44.0 Å². The summed E-state index contributed by atoms with van der Waals surface area (Å²) in [5.41, 5.74) is 0.686. The van der Waals surface area contributed by atoms with Crippen LogP contribution in [0.15, 0.2) is 24.3 Å². The lowest BCUT2D eigenvalue weighted by atomic mass is 10.1. The van der Waals surface area contributed by atoms with Gasteiger partial charge >= 0.3 is 0 Å². The average Bonchev–Trinajstić information content (AvgIpc) is 2.95. The Labute approximate surface area is 148 Å². The first kappa shape index (κ1) is 19.4. The molecule has 1 unspecified atom stereocenters. The minimum Gasteiger partial charge on any atom is -0.347 e. The largest absolute Gasteiger partial charge is 0.347 e. The summed E-state index contributed by atoms with van der Waals surface area (Å²) in [4.78, 5) is 24.5. The lowest BCUT2D eigenvalue weighted by Gasteiger charge is -2.21. The van der Waals surface area contributed by atoms with Crippen molar-refractivity contribution in [1.82, 2.24) is 9.62 Å². The number of nitrogens with one attached hydrogen (secondary N) is 2. The molecule has 25 heavy (non-hydrogen) atoms. The maximum absolute atomic E-state index is 12.4. The molecule has 0 radical (unpaired) electrons. The molecule has 1 aromatic rings. The van der Waals surface area contributed by atoms with Gasteiger partial charge in [-0.15, -0.1) is 0 Å². The van der Waals surface area contributed by atoms with Gasteiger partial charge < -0.3 is 10.6 Å². The second-order valence-electron chi connectivity index (χ2n) is 7.30. The van der Waals surface area contributed by atoms with Gasteiger partial charge in [-0.25, -0.2) is 8.42 Å². The van der Waals surface area contributed by atoms with Crippen LogP contribution in [0.5, 0.6) is 0 Å². The molecule has 2 amide bonds. The number of sulfonamides is 1. The van der Waals surface area contributed by atoms with Crippen LogP contribution in [0, 0.1) is 0 Å². The molecule has 0 bridgehead atoms. The zero-order valence-corrected chi connectivity index (χ0v) is 15.8. The molecule has 1 saturated heterocycles. The van der Waals surface area contributed by atoms with Crippen molar-refractivity contribution in [3.63, 3.8) is 0 Å². The van der Waals surface area contributed by atoms with E-state index in [1.807, 2.05) is 20.8 Å². The highest BCUT2D eigenvalue weighted by Crippen LogP contribution is 2.22. The molecule has 2 rings (SSSR count). The first-order chi connectivity index (χ1) is 11.5. The molecule has 8 heteroatoms. The van der Waals surface area contributed by atoms with E-state index in [4.69, 9.17) is 0 Å². The third kappa shape index (κ3) is 5.27. The van der Waals surface area contributed by atoms with Crippen LogP contribution in [0.3, 0.4) is 0 Å². The van der Waals surface area contributed by atoms with Crippen molar-refractivity contribution < 1.29 is 18.0 Å². The van der Waals surface area contributed by atoms with Crippen molar-refractivity contribution in [2.75, 3.05) is 18.1 Å². The van der Waals surface area contributed by atoms with Crippen LogP contribution in [0.25, 0.3) is 0 Å². The molecule has 1 atom stereocenters. The second-order valence-corrected chi connectivity index (χ2v) is 9.24. The average molecular weight is 367 g/mol. The number of carbonyl (C=O) groups is 2. The highest BCUT2D eigenvalue weighted by Gasteiger charge is 2.36. The summed E-state index contributed by atoms with van der Waals surface area (Å²) in [5.74, 6) is -0.542. The number of hydrogen-bond acceptors (Lipinski definition) is 4. The second kappa shape index (κ2) is 7.13. The molecule has 0 saturated carbocycles. The molecule has 1 aliphatic rings. The van der Waals surface area contributed by atoms with Crippen molar-refractivity contribution in [1.29, 1.82) is 0 Å². The van der Waals surface area contributed by atoms with Crippen molar-refractivity contribution in [2.24, 2.45) is 0 Å². The first-order valence-corrected chi connectivity index (χ1v) is 10.0. The summed E-state index contributed by atoms with van der Waals surface area (Å²) in [6, 6.07) is 5.84. The summed E-state index contributed by atoms with van der Waals surface area (Å²) in [6.45, 7) is 6.06. The summed E-state index contributed by atoms with van der Waals surface area (Å²) in [7, 11) is -3.40. The smallest absolute Gasteiger partial charge is 0.251 e. The molecular weight excluding hydrogens is 342 g/mol. The Morgan fingerprint density at radius 1 is 1.16 bits per heavy atom. The molecular formula is C17H25N3O4S. The fourth-order valence-corrected chi connectivity index (χ4v) is 3.87. The Kier molecular flexibility index (Phi) is 5.53. The molecule has 138 valence electrons. The number of rotatable bonds is 4. The highest BCUT2D eigenvalue weighted by molar-refractivity contribution is 7.88. The van der Waals surface area contributed by atoms with E-state index in [9.17, 15) is 18.0 Å². The molecule has 1 heterocycles. The van der Waals surface area contributed by atoms with Crippen molar-refractivity contribution >= 4 is 27.5 Å². The third-order valence-corrected chi connectivity index (χ3v) is 5.12. The van der Waals surface area contributed by atoms with Crippen molar-refractivity contribution in [2.45, 2.75) is 45.2 Å². The molecule has 1 aliphatic heterocycles. The maximum atomic E-state index is 12.4. The summed E-state index contributed by atoms with van der Waals surface area (Å²) >= 11 is 0. The van der Waals surface area contributed by atoms with Crippen LogP contribution < -0.4 is 10.6 Å². The van der Waals surface area contributed by atoms with Crippen LogP contribution in [0.2, 0.25) is 0 Å². The van der Waals surface area contributed by atoms with Crippen LogP contribution >= 0.6 is 0 Å². The normalized spacial score (nSPS) is 18.8. The number of amides is 2.